The Morgan fingerprint density at radius 3 is 2.79 bits per heavy atom. The van der Waals surface area contributed by atoms with Crippen LogP contribution in [0.4, 0.5) is 0 Å². The molecule has 2 heterocycles. The zero-order valence-electron chi connectivity index (χ0n) is 20.0. The van der Waals surface area contributed by atoms with Crippen molar-refractivity contribution in [2.75, 3.05) is 6.54 Å². The lowest BCUT2D eigenvalue weighted by molar-refractivity contribution is -0.271. The Hall–Kier alpha value is -1.80. The van der Waals surface area contributed by atoms with Crippen LogP contribution in [0.15, 0.2) is 40.6 Å². The van der Waals surface area contributed by atoms with E-state index in [1.807, 2.05) is 22.6 Å². The van der Waals surface area contributed by atoms with Crippen LogP contribution in [0.1, 0.15) is 52.0 Å². The maximum atomic E-state index is 13.0. The normalized spacial score (nSPS) is 47.5. The second-order valence-corrected chi connectivity index (χ2v) is 12.6. The Morgan fingerprint density at radius 1 is 1.29 bits per heavy atom. The minimum absolute atomic E-state index is 0.0176. The van der Waals surface area contributed by atoms with E-state index >= 15 is 0 Å². The van der Waals surface area contributed by atoms with Crippen molar-refractivity contribution < 1.29 is 24.6 Å². The number of fused-ring (bicyclic) bond motifs is 7. The van der Waals surface area contributed by atoms with Crippen molar-refractivity contribution in [2.24, 2.45) is 34.0 Å². The maximum Gasteiger partial charge on any atom is 0.339 e. The molecular weight excluding hydrogens is 450 g/mol. The van der Waals surface area contributed by atoms with Crippen LogP contribution < -0.4 is 0 Å². The molecule has 34 heavy (non-hydrogen) atoms. The number of thiophene rings is 1. The van der Waals surface area contributed by atoms with Gasteiger partial charge in [0.1, 0.15) is 0 Å². The van der Waals surface area contributed by atoms with Gasteiger partial charge in [-0.05, 0) is 72.1 Å². The SMILES string of the molecule is CC12C=CC(=O)C=C1CCC1C3CC4CN(Cc5ccsc5)OC4(C(=O)O)C3(C)CC(O)C12C. The number of aliphatic hydroxyl groups is 1. The molecule has 6 rings (SSSR count). The number of carboxylic acid groups (broad SMARTS) is 1. The molecule has 5 aliphatic rings. The third-order valence-electron chi connectivity index (χ3n) is 10.7. The average molecular weight is 484 g/mol. The highest BCUT2D eigenvalue weighted by atomic mass is 32.1. The number of hydrogen-bond donors (Lipinski definition) is 2. The molecular formula is C27H33NO5S. The number of nitrogens with zero attached hydrogens (tertiary/aromatic N) is 1. The van der Waals surface area contributed by atoms with Gasteiger partial charge in [0.15, 0.2) is 11.4 Å². The van der Waals surface area contributed by atoms with E-state index in [1.54, 1.807) is 23.5 Å². The van der Waals surface area contributed by atoms with E-state index in [-0.39, 0.29) is 23.5 Å². The highest BCUT2D eigenvalue weighted by Crippen LogP contribution is 2.74. The molecule has 1 saturated heterocycles. The van der Waals surface area contributed by atoms with Crippen molar-refractivity contribution in [1.29, 1.82) is 0 Å². The molecule has 0 amide bonds. The number of hydrogen-bond acceptors (Lipinski definition) is 6. The zero-order chi connectivity index (χ0) is 24.1. The number of carboxylic acids is 1. The van der Waals surface area contributed by atoms with Crippen LogP contribution >= 0.6 is 11.3 Å². The topological polar surface area (TPSA) is 87.1 Å². The summed E-state index contributed by atoms with van der Waals surface area (Å²) in [5.41, 5.74) is -0.655. The van der Waals surface area contributed by atoms with E-state index in [9.17, 15) is 19.8 Å². The van der Waals surface area contributed by atoms with Crippen LogP contribution in [0, 0.1) is 34.0 Å². The first-order chi connectivity index (χ1) is 16.1. The van der Waals surface area contributed by atoms with Gasteiger partial charge in [0.05, 0.1) is 6.10 Å². The van der Waals surface area contributed by atoms with E-state index in [0.29, 0.717) is 19.5 Å². The molecule has 1 aromatic rings. The quantitative estimate of drug-likeness (QED) is 0.670. The minimum Gasteiger partial charge on any atom is -0.479 e. The predicted molar refractivity (Wildman–Crippen MR) is 128 cm³/mol. The number of allylic oxidation sites excluding steroid dienone is 4. The van der Waals surface area contributed by atoms with E-state index in [4.69, 9.17) is 4.84 Å². The molecule has 1 aromatic heterocycles. The molecule has 7 heteroatoms. The Bertz CT molecular complexity index is 1110. The average Bonchev–Trinajstić information content (AvgIpc) is 3.46. The van der Waals surface area contributed by atoms with Gasteiger partial charge in [-0.3, -0.25) is 9.63 Å². The lowest BCUT2D eigenvalue weighted by atomic mass is 9.40. The fourth-order valence-corrected chi connectivity index (χ4v) is 9.46. The largest absolute Gasteiger partial charge is 0.479 e. The van der Waals surface area contributed by atoms with Crippen molar-refractivity contribution in [1.82, 2.24) is 5.06 Å². The van der Waals surface area contributed by atoms with Crippen molar-refractivity contribution in [3.05, 3.63) is 46.2 Å². The summed E-state index contributed by atoms with van der Waals surface area (Å²) < 4.78 is 0. The van der Waals surface area contributed by atoms with Gasteiger partial charge in [0, 0.05) is 35.3 Å². The van der Waals surface area contributed by atoms with Crippen LogP contribution in [0.25, 0.3) is 0 Å². The van der Waals surface area contributed by atoms with Crippen molar-refractivity contribution in [3.63, 3.8) is 0 Å². The summed E-state index contributed by atoms with van der Waals surface area (Å²) >= 11 is 1.63. The molecule has 6 nitrogen and oxygen atoms in total. The molecule has 0 spiro atoms. The molecule has 182 valence electrons. The highest BCUT2D eigenvalue weighted by molar-refractivity contribution is 7.07. The summed E-state index contributed by atoms with van der Waals surface area (Å²) in [5, 5.41) is 28.4. The van der Waals surface area contributed by atoms with Gasteiger partial charge in [0.2, 0.25) is 0 Å². The van der Waals surface area contributed by atoms with Crippen molar-refractivity contribution in [3.8, 4) is 0 Å². The molecule has 0 aromatic carbocycles. The first-order valence-electron chi connectivity index (χ1n) is 12.4. The van der Waals surface area contributed by atoms with Crippen molar-refractivity contribution >= 4 is 23.1 Å². The van der Waals surface area contributed by atoms with Gasteiger partial charge in [-0.15, -0.1) is 0 Å². The third kappa shape index (κ3) is 2.56. The van der Waals surface area contributed by atoms with E-state index in [0.717, 1.165) is 30.4 Å². The molecule has 0 radical (unpaired) electrons. The van der Waals surface area contributed by atoms with Gasteiger partial charge < -0.3 is 10.2 Å². The van der Waals surface area contributed by atoms with Gasteiger partial charge in [-0.2, -0.15) is 16.4 Å². The van der Waals surface area contributed by atoms with Gasteiger partial charge in [-0.1, -0.05) is 32.4 Å². The highest BCUT2D eigenvalue weighted by Gasteiger charge is 2.78. The van der Waals surface area contributed by atoms with Gasteiger partial charge >= 0.3 is 5.97 Å². The molecule has 4 fully saturated rings. The molecule has 8 unspecified atom stereocenters. The number of carbonyl (C=O) groups excluding carboxylic acids is 1. The Labute approximate surface area is 204 Å². The summed E-state index contributed by atoms with van der Waals surface area (Å²) in [6, 6.07) is 2.05. The molecule has 0 bridgehead atoms. The van der Waals surface area contributed by atoms with Crippen LogP contribution in [0.3, 0.4) is 0 Å². The fraction of sp³-hybridized carbons (Fsp3) is 0.630. The first-order valence-corrected chi connectivity index (χ1v) is 13.3. The first kappa shape index (κ1) is 22.7. The number of carbonyl (C=O) groups is 2. The van der Waals surface area contributed by atoms with Crippen LogP contribution in [-0.4, -0.2) is 45.3 Å². The predicted octanol–water partition coefficient (Wildman–Crippen LogP) is 4.21. The summed E-state index contributed by atoms with van der Waals surface area (Å²) in [7, 11) is 0. The summed E-state index contributed by atoms with van der Waals surface area (Å²) in [5.74, 6) is -0.728. The van der Waals surface area contributed by atoms with Crippen molar-refractivity contribution in [2.45, 2.75) is 64.7 Å². The molecule has 8 atom stereocenters. The van der Waals surface area contributed by atoms with Crippen LogP contribution in [-0.2, 0) is 21.0 Å². The smallest absolute Gasteiger partial charge is 0.339 e. The van der Waals surface area contributed by atoms with E-state index in [2.05, 4.69) is 26.2 Å². The number of hydroxylamine groups is 2. The zero-order valence-corrected chi connectivity index (χ0v) is 20.8. The number of ketones is 1. The van der Waals surface area contributed by atoms with Gasteiger partial charge in [-0.25, -0.2) is 4.79 Å². The van der Waals surface area contributed by atoms with Gasteiger partial charge in [0.25, 0.3) is 0 Å². The van der Waals surface area contributed by atoms with E-state index in [1.165, 1.54) is 0 Å². The van der Waals surface area contributed by atoms with Crippen LogP contribution in [0.2, 0.25) is 0 Å². The van der Waals surface area contributed by atoms with Crippen LogP contribution in [0.5, 0.6) is 0 Å². The second kappa shape index (κ2) is 7.12. The molecule has 2 N–H and O–H groups in total. The third-order valence-corrected chi connectivity index (χ3v) is 11.4. The Morgan fingerprint density at radius 2 is 2.09 bits per heavy atom. The van der Waals surface area contributed by atoms with E-state index < -0.39 is 33.9 Å². The summed E-state index contributed by atoms with van der Waals surface area (Å²) in [6.45, 7) is 7.54. The Balaban J connectivity index is 1.39. The number of rotatable bonds is 3. The number of aliphatic hydroxyl groups excluding tert-OH is 1. The number of aliphatic carboxylic acids is 1. The monoisotopic (exact) mass is 483 g/mol. The molecule has 1 aliphatic heterocycles. The summed E-state index contributed by atoms with van der Waals surface area (Å²) in [4.78, 5) is 31.6. The lowest BCUT2D eigenvalue weighted by Crippen LogP contribution is -2.66. The Kier molecular flexibility index (Phi) is 4.75. The second-order valence-electron chi connectivity index (χ2n) is 11.8. The minimum atomic E-state index is -1.33. The lowest BCUT2D eigenvalue weighted by Gasteiger charge is -2.65. The molecule has 3 saturated carbocycles. The standard InChI is InChI=1S/C27H33NO5S/c1-24-8-6-19(29)10-17(24)4-5-20-21-11-18-14-28(13-16-7-9-34-15-16)33-27(18,23(31)32)25(21,2)12-22(30)26(20,24)3/h6-10,15,18,20-22,30H,4-5,11-14H2,1-3H3,(H,31,32). The summed E-state index contributed by atoms with van der Waals surface area (Å²) in [6.07, 6.45) is 7.54. The maximum absolute atomic E-state index is 13.0. The fourth-order valence-electron chi connectivity index (χ4n) is 8.80. The molecule has 4 aliphatic carbocycles.